The van der Waals surface area contributed by atoms with Crippen LogP contribution in [0.25, 0.3) is 0 Å². The van der Waals surface area contributed by atoms with Gasteiger partial charge >= 0.3 is 0 Å². The predicted molar refractivity (Wildman–Crippen MR) is 62.9 cm³/mol. The summed E-state index contributed by atoms with van der Waals surface area (Å²) in [4.78, 5) is 0. The van der Waals surface area contributed by atoms with Crippen molar-refractivity contribution in [3.8, 4) is 0 Å². The standard InChI is InChI=1S/C14H20O/c1-10-4-6-12(7-5-10)11(2)13-8-14(13,3)9-15/h4-7,11,13,15H,8-9H2,1-3H3/t11-,13+,14+/m1/s1. The highest BCUT2D eigenvalue weighted by Gasteiger charge is 2.52. The first-order valence-corrected chi connectivity index (χ1v) is 5.74. The van der Waals surface area contributed by atoms with Gasteiger partial charge in [-0.2, -0.15) is 0 Å². The lowest BCUT2D eigenvalue weighted by Crippen LogP contribution is -2.08. The molecule has 1 aromatic carbocycles. The molecule has 0 heterocycles. The molecule has 0 aliphatic heterocycles. The van der Waals surface area contributed by atoms with Crippen molar-refractivity contribution in [2.24, 2.45) is 11.3 Å². The van der Waals surface area contributed by atoms with Gasteiger partial charge in [0.1, 0.15) is 0 Å². The Hall–Kier alpha value is -0.820. The Kier molecular flexibility index (Phi) is 2.59. The number of aliphatic hydroxyl groups excluding tert-OH is 1. The van der Waals surface area contributed by atoms with Gasteiger partial charge in [0.2, 0.25) is 0 Å². The molecule has 1 fully saturated rings. The number of aryl methyl sites for hydroxylation is 1. The monoisotopic (exact) mass is 204 g/mol. The first-order chi connectivity index (χ1) is 7.07. The molecule has 1 aliphatic carbocycles. The third kappa shape index (κ3) is 1.93. The Morgan fingerprint density at radius 2 is 2.00 bits per heavy atom. The second-order valence-electron chi connectivity index (χ2n) is 5.32. The maximum atomic E-state index is 9.28. The van der Waals surface area contributed by atoms with Crippen LogP contribution in [0, 0.1) is 18.3 Å². The van der Waals surface area contributed by atoms with Crippen molar-refractivity contribution in [1.82, 2.24) is 0 Å². The van der Waals surface area contributed by atoms with E-state index in [0.717, 1.165) is 0 Å². The van der Waals surface area contributed by atoms with Gasteiger partial charge in [0.25, 0.3) is 0 Å². The van der Waals surface area contributed by atoms with Crippen molar-refractivity contribution in [3.63, 3.8) is 0 Å². The molecule has 82 valence electrons. The Morgan fingerprint density at radius 1 is 1.40 bits per heavy atom. The van der Waals surface area contributed by atoms with E-state index in [1.165, 1.54) is 17.5 Å². The first-order valence-electron chi connectivity index (χ1n) is 5.74. The van der Waals surface area contributed by atoms with Gasteiger partial charge in [-0.15, -0.1) is 0 Å². The fraction of sp³-hybridized carbons (Fsp3) is 0.571. The number of rotatable bonds is 3. The minimum atomic E-state index is 0.185. The van der Waals surface area contributed by atoms with E-state index in [0.29, 0.717) is 18.4 Å². The van der Waals surface area contributed by atoms with E-state index >= 15 is 0 Å². The first kappa shape index (κ1) is 10.7. The second-order valence-corrected chi connectivity index (χ2v) is 5.32. The highest BCUT2D eigenvalue weighted by molar-refractivity contribution is 5.26. The van der Waals surface area contributed by atoms with Gasteiger partial charge in [-0.05, 0) is 36.2 Å². The number of hydrogen-bond acceptors (Lipinski definition) is 1. The molecule has 0 saturated heterocycles. The Morgan fingerprint density at radius 3 is 2.47 bits per heavy atom. The molecule has 0 bridgehead atoms. The van der Waals surface area contributed by atoms with E-state index in [4.69, 9.17) is 0 Å². The molecule has 0 amide bonds. The quantitative estimate of drug-likeness (QED) is 0.802. The summed E-state index contributed by atoms with van der Waals surface area (Å²) in [5.74, 6) is 1.23. The van der Waals surface area contributed by atoms with Crippen LogP contribution in [0.15, 0.2) is 24.3 Å². The Balaban J connectivity index is 2.10. The Labute approximate surface area is 92.1 Å². The summed E-state index contributed by atoms with van der Waals surface area (Å²) in [5.41, 5.74) is 2.90. The van der Waals surface area contributed by atoms with E-state index in [1.54, 1.807) is 0 Å². The third-order valence-electron chi connectivity index (χ3n) is 3.99. The summed E-state index contributed by atoms with van der Waals surface area (Å²) in [6.45, 7) is 6.90. The van der Waals surface area contributed by atoms with Crippen LogP contribution in [-0.4, -0.2) is 11.7 Å². The van der Waals surface area contributed by atoms with Crippen molar-refractivity contribution in [1.29, 1.82) is 0 Å². The average Bonchev–Trinajstić information content (AvgIpc) is 2.92. The van der Waals surface area contributed by atoms with Crippen LogP contribution in [0.3, 0.4) is 0 Å². The fourth-order valence-electron chi connectivity index (χ4n) is 2.51. The van der Waals surface area contributed by atoms with Crippen molar-refractivity contribution in [2.75, 3.05) is 6.61 Å². The minimum absolute atomic E-state index is 0.185. The zero-order valence-electron chi connectivity index (χ0n) is 9.83. The van der Waals surface area contributed by atoms with E-state index in [-0.39, 0.29) is 5.41 Å². The molecular formula is C14H20O. The van der Waals surface area contributed by atoms with Gasteiger partial charge < -0.3 is 5.11 Å². The molecule has 1 N–H and O–H groups in total. The molecule has 3 atom stereocenters. The van der Waals surface area contributed by atoms with E-state index in [9.17, 15) is 5.11 Å². The molecule has 0 radical (unpaired) electrons. The summed E-state index contributed by atoms with van der Waals surface area (Å²) in [6.07, 6.45) is 1.17. The van der Waals surface area contributed by atoms with Crippen molar-refractivity contribution < 1.29 is 5.11 Å². The van der Waals surface area contributed by atoms with Gasteiger partial charge in [-0.3, -0.25) is 0 Å². The smallest absolute Gasteiger partial charge is 0.0487 e. The van der Waals surface area contributed by atoms with E-state index in [1.807, 2.05) is 0 Å². The highest BCUT2D eigenvalue weighted by Crippen LogP contribution is 2.58. The van der Waals surface area contributed by atoms with Crippen LogP contribution < -0.4 is 0 Å². The summed E-state index contributed by atoms with van der Waals surface area (Å²) in [5, 5.41) is 9.28. The van der Waals surface area contributed by atoms with E-state index in [2.05, 4.69) is 45.0 Å². The van der Waals surface area contributed by atoms with Crippen molar-refractivity contribution in [2.45, 2.75) is 33.1 Å². The van der Waals surface area contributed by atoms with Crippen LogP contribution in [0.1, 0.15) is 37.3 Å². The molecule has 1 heteroatoms. The number of benzene rings is 1. The second kappa shape index (κ2) is 3.64. The topological polar surface area (TPSA) is 20.2 Å². The SMILES string of the molecule is Cc1ccc([C@@H](C)[C@@H]2C[C@@]2(C)CO)cc1. The van der Waals surface area contributed by atoms with Gasteiger partial charge in [0, 0.05) is 6.61 Å². The third-order valence-corrected chi connectivity index (χ3v) is 3.99. The molecule has 0 aromatic heterocycles. The maximum absolute atomic E-state index is 9.28. The summed E-state index contributed by atoms with van der Waals surface area (Å²) in [7, 11) is 0. The largest absolute Gasteiger partial charge is 0.396 e. The molecule has 15 heavy (non-hydrogen) atoms. The molecule has 0 spiro atoms. The lowest BCUT2D eigenvalue weighted by atomic mass is 9.91. The molecule has 0 unspecified atom stereocenters. The minimum Gasteiger partial charge on any atom is -0.396 e. The van der Waals surface area contributed by atoms with Gasteiger partial charge in [0.05, 0.1) is 0 Å². The predicted octanol–water partition coefficient (Wildman–Crippen LogP) is 3.12. The van der Waals surface area contributed by atoms with Crippen LogP contribution in [-0.2, 0) is 0 Å². The molecule has 1 nitrogen and oxygen atoms in total. The van der Waals surface area contributed by atoms with Crippen LogP contribution in [0.2, 0.25) is 0 Å². The van der Waals surface area contributed by atoms with Gasteiger partial charge in [0.15, 0.2) is 0 Å². The molecular weight excluding hydrogens is 184 g/mol. The van der Waals surface area contributed by atoms with Gasteiger partial charge in [-0.1, -0.05) is 43.7 Å². The normalized spacial score (nSPS) is 31.3. The van der Waals surface area contributed by atoms with Crippen molar-refractivity contribution >= 4 is 0 Å². The summed E-state index contributed by atoms with van der Waals surface area (Å²) < 4.78 is 0. The lowest BCUT2D eigenvalue weighted by molar-refractivity contribution is 0.207. The fourth-order valence-corrected chi connectivity index (χ4v) is 2.51. The maximum Gasteiger partial charge on any atom is 0.0487 e. The lowest BCUT2D eigenvalue weighted by Gasteiger charge is -2.15. The number of hydrogen-bond donors (Lipinski definition) is 1. The summed E-state index contributed by atoms with van der Waals surface area (Å²) in [6, 6.07) is 8.78. The highest BCUT2D eigenvalue weighted by atomic mass is 16.3. The van der Waals surface area contributed by atoms with Crippen LogP contribution in [0.4, 0.5) is 0 Å². The van der Waals surface area contributed by atoms with Crippen LogP contribution in [0.5, 0.6) is 0 Å². The molecule has 2 rings (SSSR count). The van der Waals surface area contributed by atoms with Crippen LogP contribution >= 0.6 is 0 Å². The number of aliphatic hydroxyl groups is 1. The molecule has 1 aliphatic rings. The molecule has 1 aromatic rings. The van der Waals surface area contributed by atoms with Gasteiger partial charge in [-0.25, -0.2) is 0 Å². The van der Waals surface area contributed by atoms with E-state index < -0.39 is 0 Å². The molecule has 1 saturated carbocycles. The average molecular weight is 204 g/mol. The van der Waals surface area contributed by atoms with Crippen molar-refractivity contribution in [3.05, 3.63) is 35.4 Å². The zero-order valence-corrected chi connectivity index (χ0v) is 9.83. The zero-order chi connectivity index (χ0) is 11.1. The Bertz CT molecular complexity index is 341. The summed E-state index contributed by atoms with van der Waals surface area (Å²) >= 11 is 0.